The Labute approximate surface area is 140 Å². The number of phenolic OH excluding ortho intramolecular Hbond substituents is 1. The molecule has 0 fully saturated rings. The van der Waals surface area contributed by atoms with Gasteiger partial charge in [0.25, 0.3) is 10.0 Å². The third kappa shape index (κ3) is 4.17. The smallest absolute Gasteiger partial charge is 0.276 e. The van der Waals surface area contributed by atoms with Gasteiger partial charge in [-0.25, -0.2) is 4.83 Å². The topological polar surface area (TPSA) is 97.2 Å². The molecule has 8 heteroatoms. The van der Waals surface area contributed by atoms with E-state index in [1.54, 1.807) is 25.1 Å². The molecule has 0 aliphatic rings. The van der Waals surface area contributed by atoms with Gasteiger partial charge in [0.15, 0.2) is 11.5 Å². The molecule has 2 rings (SSSR count). The fraction of sp³-hybridized carbons (Fsp3) is 0.188. The van der Waals surface area contributed by atoms with Crippen molar-refractivity contribution in [2.24, 2.45) is 5.10 Å². The quantitative estimate of drug-likeness (QED) is 0.589. The molecule has 0 spiro atoms. The van der Waals surface area contributed by atoms with Crippen molar-refractivity contribution in [2.45, 2.75) is 11.8 Å². The van der Waals surface area contributed by atoms with Crippen molar-refractivity contribution in [2.75, 3.05) is 13.7 Å². The maximum absolute atomic E-state index is 12.1. The zero-order chi connectivity index (χ0) is 17.6. The third-order valence-corrected chi connectivity index (χ3v) is 4.31. The van der Waals surface area contributed by atoms with Crippen LogP contribution < -0.4 is 14.3 Å². The first-order valence-corrected chi connectivity index (χ1v) is 8.60. The van der Waals surface area contributed by atoms with Gasteiger partial charge in [-0.2, -0.15) is 13.5 Å². The van der Waals surface area contributed by atoms with Crippen LogP contribution in [-0.4, -0.2) is 33.5 Å². The van der Waals surface area contributed by atoms with E-state index in [1.807, 2.05) is 0 Å². The van der Waals surface area contributed by atoms with E-state index < -0.39 is 10.0 Å². The lowest BCUT2D eigenvalue weighted by molar-refractivity contribution is 0.318. The van der Waals surface area contributed by atoms with Gasteiger partial charge in [-0.3, -0.25) is 0 Å². The molecule has 128 valence electrons. The summed E-state index contributed by atoms with van der Waals surface area (Å²) in [7, 11) is -2.31. The van der Waals surface area contributed by atoms with Gasteiger partial charge in [0, 0.05) is 5.56 Å². The first-order valence-electron chi connectivity index (χ1n) is 7.11. The number of ether oxygens (including phenoxy) is 2. The Balaban J connectivity index is 2.14. The molecule has 7 nitrogen and oxygen atoms in total. The Morgan fingerprint density at radius 3 is 2.54 bits per heavy atom. The van der Waals surface area contributed by atoms with E-state index in [1.165, 1.54) is 37.6 Å². The second kappa shape index (κ2) is 7.69. The molecule has 0 saturated heterocycles. The van der Waals surface area contributed by atoms with Crippen LogP contribution in [0.3, 0.4) is 0 Å². The minimum absolute atomic E-state index is 0.0488. The molecule has 2 N–H and O–H groups in total. The van der Waals surface area contributed by atoms with Crippen molar-refractivity contribution in [1.29, 1.82) is 0 Å². The van der Waals surface area contributed by atoms with Gasteiger partial charge >= 0.3 is 0 Å². The molecule has 0 aromatic heterocycles. The summed E-state index contributed by atoms with van der Waals surface area (Å²) in [5, 5.41) is 13.7. The zero-order valence-electron chi connectivity index (χ0n) is 13.3. The largest absolute Gasteiger partial charge is 0.504 e. The van der Waals surface area contributed by atoms with Crippen molar-refractivity contribution < 1.29 is 23.0 Å². The molecule has 0 radical (unpaired) electrons. The van der Waals surface area contributed by atoms with Crippen molar-refractivity contribution in [3.8, 4) is 17.2 Å². The number of benzene rings is 2. The molecular formula is C16H18N2O5S. The molecule has 0 aliphatic heterocycles. The summed E-state index contributed by atoms with van der Waals surface area (Å²) < 4.78 is 34.5. The second-order valence-corrected chi connectivity index (χ2v) is 6.32. The molecule has 0 saturated carbocycles. The van der Waals surface area contributed by atoms with Gasteiger partial charge in [0.05, 0.1) is 24.8 Å². The minimum atomic E-state index is -3.80. The van der Waals surface area contributed by atoms with Crippen molar-refractivity contribution >= 4 is 16.2 Å². The highest BCUT2D eigenvalue weighted by Gasteiger charge is 2.13. The van der Waals surface area contributed by atoms with Crippen LogP contribution >= 0.6 is 0 Å². The van der Waals surface area contributed by atoms with E-state index in [0.29, 0.717) is 23.7 Å². The summed E-state index contributed by atoms with van der Waals surface area (Å²) in [5.74, 6) is 0.751. The van der Waals surface area contributed by atoms with Gasteiger partial charge in [-0.1, -0.05) is 6.07 Å². The van der Waals surface area contributed by atoms with E-state index in [-0.39, 0.29) is 10.6 Å². The average molecular weight is 350 g/mol. The SMILES string of the molecule is CCOc1cccc(/C=N/NS(=O)(=O)c2ccc(OC)cc2)c1O. The van der Waals surface area contributed by atoms with Crippen LogP contribution in [0.4, 0.5) is 0 Å². The molecule has 0 heterocycles. The Kier molecular flexibility index (Phi) is 5.64. The van der Waals surface area contributed by atoms with Gasteiger partial charge < -0.3 is 14.6 Å². The van der Waals surface area contributed by atoms with E-state index in [2.05, 4.69) is 9.93 Å². The molecule has 0 atom stereocenters. The summed E-state index contributed by atoms with van der Waals surface area (Å²) >= 11 is 0. The Bertz CT molecular complexity index is 817. The van der Waals surface area contributed by atoms with Crippen molar-refractivity contribution in [1.82, 2.24) is 4.83 Å². The number of rotatable bonds is 7. The number of hydrogen-bond donors (Lipinski definition) is 2. The number of aromatic hydroxyl groups is 1. The Hall–Kier alpha value is -2.74. The van der Waals surface area contributed by atoms with Crippen LogP contribution in [0.25, 0.3) is 0 Å². The summed E-state index contributed by atoms with van der Waals surface area (Å²) in [6, 6.07) is 10.8. The van der Waals surface area contributed by atoms with Gasteiger partial charge in [0.1, 0.15) is 5.75 Å². The van der Waals surface area contributed by atoms with Gasteiger partial charge in [-0.15, -0.1) is 0 Å². The maximum atomic E-state index is 12.1. The van der Waals surface area contributed by atoms with E-state index >= 15 is 0 Å². The molecular weight excluding hydrogens is 332 g/mol. The van der Waals surface area contributed by atoms with E-state index in [0.717, 1.165) is 0 Å². The number of nitrogens with zero attached hydrogens (tertiary/aromatic N) is 1. The maximum Gasteiger partial charge on any atom is 0.276 e. The lowest BCUT2D eigenvalue weighted by atomic mass is 10.2. The molecule has 2 aromatic rings. The van der Waals surface area contributed by atoms with Crippen LogP contribution in [0.15, 0.2) is 52.5 Å². The van der Waals surface area contributed by atoms with Crippen LogP contribution in [0, 0.1) is 0 Å². The zero-order valence-corrected chi connectivity index (χ0v) is 14.1. The van der Waals surface area contributed by atoms with E-state index in [9.17, 15) is 13.5 Å². The molecule has 24 heavy (non-hydrogen) atoms. The first kappa shape index (κ1) is 17.6. The Morgan fingerprint density at radius 1 is 1.21 bits per heavy atom. The van der Waals surface area contributed by atoms with E-state index in [4.69, 9.17) is 9.47 Å². The minimum Gasteiger partial charge on any atom is -0.504 e. The highest BCUT2D eigenvalue weighted by molar-refractivity contribution is 7.89. The fourth-order valence-corrected chi connectivity index (χ4v) is 2.68. The number of para-hydroxylation sites is 1. The highest BCUT2D eigenvalue weighted by Crippen LogP contribution is 2.28. The monoisotopic (exact) mass is 350 g/mol. The molecule has 0 aliphatic carbocycles. The molecule has 0 amide bonds. The lowest BCUT2D eigenvalue weighted by Gasteiger charge is -2.07. The molecule has 0 unspecified atom stereocenters. The predicted octanol–water partition coefficient (Wildman–Crippen LogP) is 2.11. The lowest BCUT2D eigenvalue weighted by Crippen LogP contribution is -2.18. The first-order chi connectivity index (χ1) is 11.5. The number of phenols is 1. The summed E-state index contributed by atoms with van der Waals surface area (Å²) in [6.45, 7) is 2.20. The van der Waals surface area contributed by atoms with Crippen molar-refractivity contribution in [3.05, 3.63) is 48.0 Å². The fourth-order valence-electron chi connectivity index (χ4n) is 1.89. The summed E-state index contributed by atoms with van der Waals surface area (Å²) in [6.07, 6.45) is 1.21. The molecule has 2 aromatic carbocycles. The third-order valence-electron chi connectivity index (χ3n) is 3.08. The normalized spacial score (nSPS) is 11.4. The number of hydrazone groups is 1. The number of methoxy groups -OCH3 is 1. The average Bonchev–Trinajstić information content (AvgIpc) is 2.58. The van der Waals surface area contributed by atoms with Gasteiger partial charge in [-0.05, 0) is 43.3 Å². The number of nitrogens with one attached hydrogen (secondary N) is 1. The summed E-state index contributed by atoms with van der Waals surface area (Å²) in [5.41, 5.74) is 0.332. The summed E-state index contributed by atoms with van der Waals surface area (Å²) in [4.78, 5) is 2.14. The van der Waals surface area contributed by atoms with Crippen LogP contribution in [0.1, 0.15) is 12.5 Å². The van der Waals surface area contributed by atoms with Gasteiger partial charge in [0.2, 0.25) is 0 Å². The highest BCUT2D eigenvalue weighted by atomic mass is 32.2. The van der Waals surface area contributed by atoms with Crippen LogP contribution in [0.2, 0.25) is 0 Å². The Morgan fingerprint density at radius 2 is 1.92 bits per heavy atom. The van der Waals surface area contributed by atoms with Crippen LogP contribution in [0.5, 0.6) is 17.2 Å². The predicted molar refractivity (Wildman–Crippen MR) is 90.2 cm³/mol. The second-order valence-electron chi connectivity index (χ2n) is 4.66. The molecule has 0 bridgehead atoms. The number of hydrogen-bond acceptors (Lipinski definition) is 6. The standard InChI is InChI=1S/C16H18N2O5S/c1-3-23-15-6-4-5-12(16(15)19)11-17-18-24(20,21)14-9-7-13(22-2)8-10-14/h4-11,18-19H,3H2,1-2H3/b17-11+. The number of sulfonamides is 1. The van der Waals surface area contributed by atoms with Crippen LogP contribution in [-0.2, 0) is 10.0 Å². The van der Waals surface area contributed by atoms with Crippen molar-refractivity contribution in [3.63, 3.8) is 0 Å².